The molecule has 0 aliphatic carbocycles. The van der Waals surface area contributed by atoms with Crippen LogP contribution in [-0.2, 0) is 4.79 Å². The van der Waals surface area contributed by atoms with Gasteiger partial charge in [0.2, 0.25) is 6.08 Å². The van der Waals surface area contributed by atoms with Crippen LogP contribution in [0, 0.1) is 5.88 Å². The summed E-state index contributed by atoms with van der Waals surface area (Å²) in [7, 11) is 0. The van der Waals surface area contributed by atoms with E-state index in [9.17, 15) is 4.79 Å². The number of carbonyl (C=O) groups excluding carboxylic acids is 1. The lowest BCUT2D eigenvalue weighted by molar-refractivity contribution is 0.563. The Hall–Kier alpha value is -0.330. The predicted octanol–water partition coefficient (Wildman–Crippen LogP) is 1.11. The van der Waals surface area contributed by atoms with Crippen LogP contribution in [0.15, 0.2) is 4.99 Å². The molecule has 0 rings (SSSR count). The Balaban J connectivity index is 2.83. The molecule has 0 spiro atoms. The molecule has 0 amide bonds. The minimum absolute atomic E-state index is 0.451. The van der Waals surface area contributed by atoms with Crippen molar-refractivity contribution in [3.63, 3.8) is 0 Å². The van der Waals surface area contributed by atoms with Crippen molar-refractivity contribution in [2.45, 2.75) is 6.42 Å². The highest BCUT2D eigenvalue weighted by atomic mass is 35.5. The van der Waals surface area contributed by atoms with Crippen molar-refractivity contribution < 1.29 is 4.79 Å². The van der Waals surface area contributed by atoms with Gasteiger partial charge >= 0.3 is 0 Å². The number of rotatable bonds is 3. The standard InChI is InChI=1S/C4H5ClNO/c5-2-1-3-6-4-7/h2H,1,3H2. The lowest BCUT2D eigenvalue weighted by atomic mass is 10.5. The molecule has 0 heterocycles. The summed E-state index contributed by atoms with van der Waals surface area (Å²) >= 11 is 5.12. The zero-order valence-corrected chi connectivity index (χ0v) is 4.48. The Kier molecular flexibility index (Phi) is 5.40. The van der Waals surface area contributed by atoms with Gasteiger partial charge in [0.1, 0.15) is 0 Å². The molecule has 0 unspecified atom stereocenters. The first-order chi connectivity index (χ1) is 3.41. The summed E-state index contributed by atoms with van der Waals surface area (Å²) in [5.41, 5.74) is 0. The molecular formula is C4H5ClNO. The number of hydrogen-bond acceptors (Lipinski definition) is 2. The number of hydrogen-bond donors (Lipinski definition) is 0. The van der Waals surface area contributed by atoms with Gasteiger partial charge < -0.3 is 0 Å². The number of nitrogens with zero attached hydrogens (tertiary/aromatic N) is 1. The van der Waals surface area contributed by atoms with Gasteiger partial charge in [-0.1, -0.05) is 0 Å². The summed E-state index contributed by atoms with van der Waals surface area (Å²) in [6.45, 7) is 0.451. The molecule has 3 heteroatoms. The molecule has 0 atom stereocenters. The van der Waals surface area contributed by atoms with Gasteiger partial charge in [-0.25, -0.2) is 9.79 Å². The summed E-state index contributed by atoms with van der Waals surface area (Å²) in [5, 5.41) is 0. The molecule has 0 saturated carbocycles. The maximum atomic E-state index is 9.33. The van der Waals surface area contributed by atoms with Crippen LogP contribution in [0.5, 0.6) is 0 Å². The second-order valence-electron chi connectivity index (χ2n) is 0.916. The summed E-state index contributed by atoms with van der Waals surface area (Å²) in [6.07, 6.45) is 2.03. The third-order valence-corrected chi connectivity index (χ3v) is 0.633. The molecule has 7 heavy (non-hydrogen) atoms. The zero-order valence-electron chi connectivity index (χ0n) is 3.72. The Bertz CT molecular complexity index is 77.8. The summed E-state index contributed by atoms with van der Waals surface area (Å²) in [4.78, 5) is 12.6. The molecule has 0 aromatic heterocycles. The molecule has 0 saturated heterocycles. The van der Waals surface area contributed by atoms with Crippen LogP contribution in [0.2, 0.25) is 0 Å². The van der Waals surface area contributed by atoms with Gasteiger partial charge in [0.05, 0.1) is 12.4 Å². The number of aliphatic imine (C=N–C) groups is 1. The van der Waals surface area contributed by atoms with Crippen molar-refractivity contribution >= 4 is 17.7 Å². The van der Waals surface area contributed by atoms with E-state index in [1.165, 1.54) is 12.0 Å². The van der Waals surface area contributed by atoms with E-state index < -0.39 is 0 Å². The van der Waals surface area contributed by atoms with Crippen LogP contribution in [0.25, 0.3) is 0 Å². The van der Waals surface area contributed by atoms with Crippen LogP contribution in [0.4, 0.5) is 0 Å². The molecule has 0 aliphatic heterocycles. The minimum Gasteiger partial charge on any atom is -0.211 e. The van der Waals surface area contributed by atoms with Gasteiger partial charge in [-0.3, -0.25) is 0 Å². The SMILES string of the molecule is O=C=NCC[CH]Cl. The molecule has 0 fully saturated rings. The first-order valence-corrected chi connectivity index (χ1v) is 2.31. The van der Waals surface area contributed by atoms with Crippen LogP contribution < -0.4 is 0 Å². The molecule has 1 radical (unpaired) electrons. The normalized spacial score (nSPS) is 7.57. The van der Waals surface area contributed by atoms with Crippen LogP contribution in [-0.4, -0.2) is 12.6 Å². The van der Waals surface area contributed by atoms with Gasteiger partial charge in [0, 0.05) is 0 Å². The van der Waals surface area contributed by atoms with Crippen molar-refractivity contribution in [1.29, 1.82) is 0 Å². The minimum atomic E-state index is 0.451. The second-order valence-corrected chi connectivity index (χ2v) is 1.22. The average molecular weight is 119 g/mol. The van der Waals surface area contributed by atoms with Crippen molar-refractivity contribution in [1.82, 2.24) is 0 Å². The fourth-order valence-corrected chi connectivity index (χ4v) is 0.257. The highest BCUT2D eigenvalue weighted by Gasteiger charge is 1.77. The number of halogens is 1. The van der Waals surface area contributed by atoms with Crippen molar-refractivity contribution in [3.8, 4) is 0 Å². The Morgan fingerprint density at radius 1 is 1.86 bits per heavy atom. The van der Waals surface area contributed by atoms with E-state index in [0.29, 0.717) is 13.0 Å². The smallest absolute Gasteiger partial charge is 0.211 e. The molecule has 39 valence electrons. The predicted molar refractivity (Wildman–Crippen MR) is 27.8 cm³/mol. The van der Waals surface area contributed by atoms with Gasteiger partial charge in [0.15, 0.2) is 0 Å². The van der Waals surface area contributed by atoms with Crippen molar-refractivity contribution in [2.24, 2.45) is 4.99 Å². The zero-order chi connectivity index (χ0) is 5.54. The molecule has 0 bridgehead atoms. The first-order valence-electron chi connectivity index (χ1n) is 1.87. The van der Waals surface area contributed by atoms with Crippen LogP contribution in [0.3, 0.4) is 0 Å². The van der Waals surface area contributed by atoms with E-state index in [1.54, 1.807) is 0 Å². The first kappa shape index (κ1) is 6.67. The maximum Gasteiger partial charge on any atom is 0.234 e. The van der Waals surface area contributed by atoms with Crippen molar-refractivity contribution in [3.05, 3.63) is 5.88 Å². The Morgan fingerprint density at radius 2 is 2.57 bits per heavy atom. The fourth-order valence-electron chi connectivity index (χ4n) is 0.159. The summed E-state index contributed by atoms with van der Waals surface area (Å²) < 4.78 is 0. The Morgan fingerprint density at radius 3 is 3.00 bits per heavy atom. The quantitative estimate of drug-likeness (QED) is 0.310. The van der Waals surface area contributed by atoms with E-state index in [0.717, 1.165) is 0 Å². The third-order valence-electron chi connectivity index (χ3n) is 0.415. The molecule has 2 nitrogen and oxygen atoms in total. The largest absolute Gasteiger partial charge is 0.234 e. The molecule has 0 aromatic rings. The lowest BCUT2D eigenvalue weighted by Gasteiger charge is -1.78. The number of isocyanates is 1. The molecule has 0 aliphatic rings. The monoisotopic (exact) mass is 118 g/mol. The molecule has 0 aromatic carbocycles. The maximum absolute atomic E-state index is 9.33. The van der Waals surface area contributed by atoms with Gasteiger partial charge in [-0.05, 0) is 6.42 Å². The van der Waals surface area contributed by atoms with Crippen LogP contribution >= 0.6 is 11.6 Å². The third kappa shape index (κ3) is 5.67. The highest BCUT2D eigenvalue weighted by molar-refractivity contribution is 6.23. The average Bonchev–Trinajstić information content (AvgIpc) is 1.69. The summed E-state index contributed by atoms with van der Waals surface area (Å²) in [6, 6.07) is 0. The molecular weight excluding hydrogens is 114 g/mol. The lowest BCUT2D eigenvalue weighted by Crippen LogP contribution is -1.73. The topological polar surface area (TPSA) is 29.4 Å². The second kappa shape index (κ2) is 5.67. The van der Waals surface area contributed by atoms with Crippen LogP contribution in [0.1, 0.15) is 6.42 Å². The van der Waals surface area contributed by atoms with Gasteiger partial charge in [-0.2, -0.15) is 0 Å². The van der Waals surface area contributed by atoms with E-state index in [1.807, 2.05) is 0 Å². The van der Waals surface area contributed by atoms with E-state index in [4.69, 9.17) is 11.6 Å². The summed E-state index contributed by atoms with van der Waals surface area (Å²) in [5.74, 6) is 1.43. The van der Waals surface area contributed by atoms with E-state index in [2.05, 4.69) is 4.99 Å². The van der Waals surface area contributed by atoms with E-state index >= 15 is 0 Å². The van der Waals surface area contributed by atoms with Gasteiger partial charge in [0.25, 0.3) is 0 Å². The van der Waals surface area contributed by atoms with Gasteiger partial charge in [-0.15, -0.1) is 11.6 Å². The van der Waals surface area contributed by atoms with Crippen molar-refractivity contribution in [2.75, 3.05) is 6.54 Å². The Labute approximate surface area is 47.2 Å². The molecule has 0 N–H and O–H groups in total. The highest BCUT2D eigenvalue weighted by Crippen LogP contribution is 1.89. The van der Waals surface area contributed by atoms with E-state index in [-0.39, 0.29) is 0 Å². The fraction of sp³-hybridized carbons (Fsp3) is 0.500.